The first-order chi connectivity index (χ1) is 21.6. The summed E-state index contributed by atoms with van der Waals surface area (Å²) in [5.41, 5.74) is 5.61. The third-order valence-corrected chi connectivity index (χ3v) is 9.02. The minimum absolute atomic E-state index is 0.0355. The number of carboxylic acid groups (broad SMARTS) is 1. The molecule has 45 heavy (non-hydrogen) atoms. The van der Waals surface area contributed by atoms with Gasteiger partial charge in [0.25, 0.3) is 9.70 Å². The Morgan fingerprint density at radius 2 is 1.53 bits per heavy atom. The first kappa shape index (κ1) is 33.3. The molecule has 4 aromatic rings. The van der Waals surface area contributed by atoms with Crippen LogP contribution in [0.4, 0.5) is 0 Å². The summed E-state index contributed by atoms with van der Waals surface area (Å²) in [6.07, 6.45) is -0.398. The topological polar surface area (TPSA) is 105 Å². The summed E-state index contributed by atoms with van der Waals surface area (Å²) in [6.45, 7) is 0.154. The van der Waals surface area contributed by atoms with E-state index in [2.05, 4.69) is 5.32 Å². The lowest BCUT2D eigenvalue weighted by Crippen LogP contribution is -2.34. The van der Waals surface area contributed by atoms with Crippen LogP contribution in [-0.4, -0.2) is 37.7 Å². The van der Waals surface area contributed by atoms with Crippen molar-refractivity contribution in [2.75, 3.05) is 5.75 Å². The Bertz CT molecular complexity index is 1610. The van der Waals surface area contributed by atoms with Crippen LogP contribution in [0.2, 0.25) is 0 Å². The summed E-state index contributed by atoms with van der Waals surface area (Å²) in [5.74, 6) is -1.02. The van der Waals surface area contributed by atoms with Gasteiger partial charge in [0.05, 0.1) is 24.4 Å². The van der Waals surface area contributed by atoms with Gasteiger partial charge in [0, 0.05) is 29.2 Å². The lowest BCUT2D eigenvalue weighted by molar-refractivity contribution is -0.245. The molecule has 1 heterocycles. The molecule has 0 bridgehead atoms. The van der Waals surface area contributed by atoms with Crippen molar-refractivity contribution < 1.29 is 29.3 Å². The van der Waals surface area contributed by atoms with Gasteiger partial charge in [0.2, 0.25) is 0 Å². The number of aromatic carboxylic acids is 1. The van der Waals surface area contributed by atoms with Crippen LogP contribution in [0.1, 0.15) is 51.4 Å². The molecule has 234 valence electrons. The lowest BCUT2D eigenvalue weighted by Gasteiger charge is -2.36. The van der Waals surface area contributed by atoms with Crippen LogP contribution in [0, 0.1) is 0 Å². The van der Waals surface area contributed by atoms with Crippen molar-refractivity contribution in [2.24, 2.45) is 0 Å². The summed E-state index contributed by atoms with van der Waals surface area (Å²) in [5, 5.41) is 21.3. The number of nitrogens with one attached hydrogen (secondary N) is 1. The van der Waals surface area contributed by atoms with Gasteiger partial charge in [-0.1, -0.05) is 108 Å². The second kappa shape index (κ2) is 15.0. The molecule has 11 heteroatoms. The maximum Gasteiger partial charge on any atom is 0.335 e. The SMILES string of the molecule is O=C(O)c1ccc(SC[C@@H]2C[C@H](c3ccc(CO)cc3)O[C@H](c3ccc(-c4ccccc4CNC(=O)C(Cl)(Cl)Cl)cc3)O2)cc1. The van der Waals surface area contributed by atoms with Gasteiger partial charge in [-0.15, -0.1) is 11.8 Å². The van der Waals surface area contributed by atoms with Crippen molar-refractivity contribution in [3.05, 3.63) is 125 Å². The highest BCUT2D eigenvalue weighted by Gasteiger charge is 2.33. The molecule has 3 N–H and O–H groups in total. The first-order valence-corrected chi connectivity index (χ1v) is 16.2. The molecule has 0 aromatic heterocycles. The molecule has 1 saturated heterocycles. The summed E-state index contributed by atoms with van der Waals surface area (Å²) in [6, 6.07) is 30.0. The summed E-state index contributed by atoms with van der Waals surface area (Å²) >= 11 is 18.7. The van der Waals surface area contributed by atoms with Gasteiger partial charge in [-0.2, -0.15) is 0 Å². The molecule has 0 unspecified atom stereocenters. The third kappa shape index (κ3) is 8.80. The fraction of sp³-hybridized carbons (Fsp3) is 0.235. The lowest BCUT2D eigenvalue weighted by atomic mass is 9.98. The predicted molar refractivity (Wildman–Crippen MR) is 177 cm³/mol. The van der Waals surface area contributed by atoms with Crippen LogP contribution in [0.3, 0.4) is 0 Å². The Morgan fingerprint density at radius 3 is 2.18 bits per heavy atom. The highest BCUT2D eigenvalue weighted by atomic mass is 35.6. The number of halogens is 3. The van der Waals surface area contributed by atoms with Crippen molar-refractivity contribution in [2.45, 2.75) is 46.8 Å². The number of carbonyl (C=O) groups is 2. The van der Waals surface area contributed by atoms with E-state index >= 15 is 0 Å². The molecule has 1 amide bonds. The van der Waals surface area contributed by atoms with E-state index < -0.39 is 22.0 Å². The van der Waals surface area contributed by atoms with E-state index in [1.54, 1.807) is 36.0 Å². The van der Waals surface area contributed by atoms with E-state index in [1.807, 2.05) is 72.8 Å². The maximum absolute atomic E-state index is 12.1. The standard InChI is InChI=1S/C34H30Cl3NO6S/c35-34(36,37)33(42)38-18-26-3-1-2-4-29(26)22-9-11-25(12-10-22)32-43-27(20-45-28-15-13-24(14-16-28)31(40)41)17-30(44-32)23-7-5-21(19-39)6-8-23/h1-16,27,30,32,39H,17-20H2,(H,38,42)(H,40,41)/t27-,30+,32+/m0/s1. The van der Waals surface area contributed by atoms with Crippen molar-refractivity contribution in [3.8, 4) is 11.1 Å². The van der Waals surface area contributed by atoms with Crippen LogP contribution >= 0.6 is 46.6 Å². The quantitative estimate of drug-likeness (QED) is 0.115. The highest BCUT2D eigenvalue weighted by Crippen LogP contribution is 2.40. The normalized spacial score (nSPS) is 18.4. The van der Waals surface area contributed by atoms with Gasteiger partial charge in [0.15, 0.2) is 6.29 Å². The van der Waals surface area contributed by atoms with Crippen LogP contribution in [-0.2, 0) is 27.4 Å². The number of carbonyl (C=O) groups excluding carboxylic acids is 1. The number of rotatable bonds is 10. The Balaban J connectivity index is 1.33. The molecule has 1 aliphatic heterocycles. The number of carboxylic acids is 1. The zero-order valence-corrected chi connectivity index (χ0v) is 27.0. The average Bonchev–Trinajstić information content (AvgIpc) is 3.06. The summed E-state index contributed by atoms with van der Waals surface area (Å²) in [4.78, 5) is 24.3. The molecule has 4 aromatic carbocycles. The average molecular weight is 687 g/mol. The highest BCUT2D eigenvalue weighted by molar-refractivity contribution is 7.99. The number of ether oxygens (including phenoxy) is 2. The molecule has 3 atom stereocenters. The predicted octanol–water partition coefficient (Wildman–Crippen LogP) is 7.87. The van der Waals surface area contributed by atoms with E-state index in [0.29, 0.717) is 12.2 Å². The number of amides is 1. The van der Waals surface area contributed by atoms with Gasteiger partial charge in [-0.25, -0.2) is 4.79 Å². The van der Waals surface area contributed by atoms with E-state index in [1.165, 1.54) is 0 Å². The molecule has 0 spiro atoms. The van der Waals surface area contributed by atoms with E-state index in [4.69, 9.17) is 44.3 Å². The number of hydrogen-bond acceptors (Lipinski definition) is 6. The Kier molecular flexibility index (Phi) is 11.1. The molecule has 0 saturated carbocycles. The van der Waals surface area contributed by atoms with Crippen LogP contribution < -0.4 is 5.32 Å². The number of aliphatic hydroxyl groups excluding tert-OH is 1. The largest absolute Gasteiger partial charge is 0.478 e. The molecule has 5 rings (SSSR count). The van der Waals surface area contributed by atoms with E-state index in [-0.39, 0.29) is 30.9 Å². The molecular formula is C34H30Cl3NO6S. The number of thioether (sulfide) groups is 1. The van der Waals surface area contributed by atoms with Gasteiger partial charge < -0.3 is 25.0 Å². The second-order valence-corrected chi connectivity index (χ2v) is 13.8. The summed E-state index contributed by atoms with van der Waals surface area (Å²) < 4.78 is 10.9. The molecule has 0 aliphatic carbocycles. The number of hydrogen-bond donors (Lipinski definition) is 3. The van der Waals surface area contributed by atoms with Crippen molar-refractivity contribution in [1.82, 2.24) is 5.32 Å². The minimum atomic E-state index is -2.04. The zero-order valence-electron chi connectivity index (χ0n) is 23.9. The fourth-order valence-corrected chi connectivity index (χ4v) is 6.08. The smallest absolute Gasteiger partial charge is 0.335 e. The third-order valence-electron chi connectivity index (χ3n) is 7.36. The number of alkyl halides is 3. The number of aliphatic hydroxyl groups is 1. The Hall–Kier alpha value is -3.08. The van der Waals surface area contributed by atoms with Crippen LogP contribution in [0.15, 0.2) is 102 Å². The molecule has 0 radical (unpaired) electrons. The van der Waals surface area contributed by atoms with Gasteiger partial charge in [-0.05, 0) is 52.1 Å². The van der Waals surface area contributed by atoms with Crippen LogP contribution in [0.25, 0.3) is 11.1 Å². The number of benzene rings is 4. The zero-order chi connectivity index (χ0) is 32.0. The molecule has 7 nitrogen and oxygen atoms in total. The van der Waals surface area contributed by atoms with Gasteiger partial charge in [-0.3, -0.25) is 4.79 Å². The van der Waals surface area contributed by atoms with E-state index in [0.717, 1.165) is 38.3 Å². The Labute approximate surface area is 280 Å². The van der Waals surface area contributed by atoms with E-state index in [9.17, 15) is 19.8 Å². The van der Waals surface area contributed by atoms with Crippen molar-refractivity contribution >= 4 is 58.4 Å². The fourth-order valence-electron chi connectivity index (χ4n) is 4.96. The summed E-state index contributed by atoms with van der Waals surface area (Å²) in [7, 11) is 0. The first-order valence-electron chi connectivity index (χ1n) is 14.1. The maximum atomic E-state index is 12.1. The Morgan fingerprint density at radius 1 is 0.867 bits per heavy atom. The van der Waals surface area contributed by atoms with Crippen molar-refractivity contribution in [1.29, 1.82) is 0 Å². The van der Waals surface area contributed by atoms with Gasteiger partial charge >= 0.3 is 5.97 Å². The minimum Gasteiger partial charge on any atom is -0.478 e. The van der Waals surface area contributed by atoms with Crippen LogP contribution in [0.5, 0.6) is 0 Å². The second-order valence-electron chi connectivity index (χ2n) is 10.5. The van der Waals surface area contributed by atoms with Gasteiger partial charge in [0.1, 0.15) is 0 Å². The van der Waals surface area contributed by atoms with Crippen molar-refractivity contribution in [3.63, 3.8) is 0 Å². The monoisotopic (exact) mass is 685 g/mol. The molecule has 1 aliphatic rings. The molecule has 1 fully saturated rings. The molecular weight excluding hydrogens is 657 g/mol.